The summed E-state index contributed by atoms with van der Waals surface area (Å²) in [7, 11) is 0. The second-order valence-corrected chi connectivity index (χ2v) is 20.0. The predicted molar refractivity (Wildman–Crippen MR) is 324 cm³/mol. The molecule has 78 heavy (non-hydrogen) atoms. The number of furan rings is 2. The lowest BCUT2D eigenvalue weighted by atomic mass is 10.0. The molecule has 6 nitrogen and oxygen atoms in total. The lowest BCUT2D eigenvalue weighted by molar-refractivity contribution is 0.666. The van der Waals surface area contributed by atoms with Crippen molar-refractivity contribution in [2.75, 3.05) is 9.80 Å². The monoisotopic (exact) mass is 998 g/mol. The first-order valence-corrected chi connectivity index (χ1v) is 26.5. The Bertz CT molecular complexity index is 4900. The molecule has 0 unspecified atom stereocenters. The quantitative estimate of drug-likeness (QED) is 0.145. The molecule has 0 aliphatic rings. The summed E-state index contributed by atoms with van der Waals surface area (Å²) in [4.78, 5) is 4.66. The molecule has 0 aliphatic heterocycles. The Kier molecular flexibility index (Phi) is 9.84. The number of hydrogen-bond acceptors (Lipinski definition) is 4. The minimum Gasteiger partial charge on any atom is -0.455 e. The molecule has 0 N–H and O–H groups in total. The van der Waals surface area contributed by atoms with Crippen molar-refractivity contribution in [3.63, 3.8) is 0 Å². The van der Waals surface area contributed by atoms with E-state index in [-0.39, 0.29) is 0 Å². The lowest BCUT2D eigenvalue weighted by Crippen LogP contribution is -2.10. The van der Waals surface area contributed by atoms with Crippen LogP contribution in [0.25, 0.3) is 110 Å². The van der Waals surface area contributed by atoms with E-state index in [1.54, 1.807) is 0 Å². The van der Waals surface area contributed by atoms with Crippen molar-refractivity contribution in [1.82, 2.24) is 9.13 Å². The highest BCUT2D eigenvalue weighted by atomic mass is 16.3. The summed E-state index contributed by atoms with van der Waals surface area (Å²) in [5.41, 5.74) is 18.5. The van der Waals surface area contributed by atoms with Gasteiger partial charge in [-0.15, -0.1) is 0 Å². The molecule has 4 heterocycles. The molecule has 0 aliphatic carbocycles. The van der Waals surface area contributed by atoms with Crippen molar-refractivity contribution < 1.29 is 8.83 Å². The van der Waals surface area contributed by atoms with Gasteiger partial charge in [-0.05, 0) is 145 Å². The average Bonchev–Trinajstić information content (AvgIpc) is 4.19. The van der Waals surface area contributed by atoms with Gasteiger partial charge in [-0.25, -0.2) is 0 Å². The Hall–Kier alpha value is -10.6. The van der Waals surface area contributed by atoms with Crippen molar-refractivity contribution in [2.45, 2.75) is 0 Å². The maximum atomic E-state index is 7.51. The normalized spacial score (nSPS) is 11.8. The number of aromatic nitrogens is 2. The second-order valence-electron chi connectivity index (χ2n) is 20.0. The minimum atomic E-state index is 0.851. The molecule has 0 bridgehead atoms. The third-order valence-corrected chi connectivity index (χ3v) is 15.7. The Balaban J connectivity index is 0.919. The summed E-state index contributed by atoms with van der Waals surface area (Å²) < 4.78 is 18.9. The van der Waals surface area contributed by atoms with Crippen LogP contribution in [-0.4, -0.2) is 9.13 Å². The van der Waals surface area contributed by atoms with Crippen molar-refractivity contribution in [3.8, 4) is 22.5 Å². The number of benzene rings is 12. The smallest absolute Gasteiger partial charge is 0.159 e. The zero-order valence-corrected chi connectivity index (χ0v) is 42.2. The summed E-state index contributed by atoms with van der Waals surface area (Å²) in [6.45, 7) is 0. The van der Waals surface area contributed by atoms with Gasteiger partial charge in [-0.2, -0.15) is 0 Å². The number of nitrogens with zero attached hydrogens (tertiary/aromatic N) is 4. The summed E-state index contributed by atoms with van der Waals surface area (Å²) in [6, 6.07) is 99.6. The Labute approximate surface area is 448 Å². The van der Waals surface area contributed by atoms with Crippen LogP contribution >= 0.6 is 0 Å². The third-order valence-electron chi connectivity index (χ3n) is 15.7. The summed E-state index contributed by atoms with van der Waals surface area (Å²) >= 11 is 0. The molecule has 366 valence electrons. The van der Waals surface area contributed by atoms with Gasteiger partial charge in [0, 0.05) is 72.1 Å². The van der Waals surface area contributed by atoms with E-state index in [1.807, 2.05) is 12.1 Å². The molecule has 16 rings (SSSR count). The van der Waals surface area contributed by atoms with Crippen molar-refractivity contribution in [2.24, 2.45) is 0 Å². The molecule has 0 spiro atoms. The molecule has 12 aromatic carbocycles. The molecule has 0 saturated carbocycles. The zero-order chi connectivity index (χ0) is 51.3. The Morgan fingerprint density at radius 3 is 1.36 bits per heavy atom. The Morgan fingerprint density at radius 1 is 0.256 bits per heavy atom. The van der Waals surface area contributed by atoms with Crippen molar-refractivity contribution in [1.29, 1.82) is 0 Å². The number of anilines is 6. The fourth-order valence-electron chi connectivity index (χ4n) is 12.2. The van der Waals surface area contributed by atoms with Gasteiger partial charge >= 0.3 is 0 Å². The van der Waals surface area contributed by atoms with Crippen molar-refractivity contribution >= 4 is 122 Å². The highest BCUT2D eigenvalue weighted by Gasteiger charge is 2.25. The van der Waals surface area contributed by atoms with Crippen molar-refractivity contribution in [3.05, 3.63) is 279 Å². The van der Waals surface area contributed by atoms with Gasteiger partial charge in [0.2, 0.25) is 0 Å². The molecule has 4 aromatic heterocycles. The molecular weight excluding hydrogens is 953 g/mol. The first kappa shape index (κ1) is 43.8. The Morgan fingerprint density at radius 2 is 0.705 bits per heavy atom. The highest BCUT2D eigenvalue weighted by Crippen LogP contribution is 2.48. The van der Waals surface area contributed by atoms with Crippen LogP contribution in [0.15, 0.2) is 288 Å². The first-order valence-electron chi connectivity index (χ1n) is 26.5. The molecule has 6 heteroatoms. The van der Waals surface area contributed by atoms with Gasteiger partial charge in [0.25, 0.3) is 0 Å². The molecule has 0 atom stereocenters. The first-order chi connectivity index (χ1) is 38.7. The standard InChI is InChI=1S/C72H46N4O2/c1-5-18-47(19-6-1)48-32-34-52(35-33-48)73(49-20-7-2-8-21-49)53-36-38-54(39-37-53)75-63-43-40-55(74(50-22-9-3-10-23-50)51-24-11-4-12-25-51)46-61(63)69-64(75)44-41-59-58-42-45-65-68(71(58)78-72(59)69)60-27-13-15-29-62(60)76(65)66-30-17-28-57-56-26-14-16-31-67(56)77-70(57)66/h1-46H. The topological polar surface area (TPSA) is 42.6 Å². The van der Waals surface area contributed by atoms with E-state index in [1.165, 1.54) is 11.1 Å². The van der Waals surface area contributed by atoms with Crippen LogP contribution in [0.3, 0.4) is 0 Å². The average molecular weight is 999 g/mol. The fourth-order valence-corrected chi connectivity index (χ4v) is 12.2. The summed E-state index contributed by atoms with van der Waals surface area (Å²) in [5, 5.41) is 8.65. The molecule has 0 fully saturated rings. The largest absolute Gasteiger partial charge is 0.455 e. The van der Waals surface area contributed by atoms with Crippen LogP contribution in [0.2, 0.25) is 0 Å². The van der Waals surface area contributed by atoms with Gasteiger partial charge in [-0.1, -0.05) is 146 Å². The van der Waals surface area contributed by atoms with E-state index in [0.29, 0.717) is 0 Å². The zero-order valence-electron chi connectivity index (χ0n) is 42.2. The van der Waals surface area contributed by atoms with Gasteiger partial charge in [0.1, 0.15) is 16.7 Å². The highest BCUT2D eigenvalue weighted by molar-refractivity contribution is 6.29. The fraction of sp³-hybridized carbons (Fsp3) is 0. The maximum Gasteiger partial charge on any atom is 0.159 e. The van der Waals surface area contributed by atoms with E-state index in [9.17, 15) is 0 Å². The molecule has 0 radical (unpaired) electrons. The van der Waals surface area contributed by atoms with Crippen LogP contribution in [0.5, 0.6) is 0 Å². The predicted octanol–water partition coefficient (Wildman–Crippen LogP) is 20.3. The van der Waals surface area contributed by atoms with Crippen LogP contribution < -0.4 is 9.80 Å². The van der Waals surface area contributed by atoms with E-state index >= 15 is 0 Å². The molecular formula is C72H46N4O2. The molecule has 0 amide bonds. The van der Waals surface area contributed by atoms with Crippen LogP contribution in [0.1, 0.15) is 0 Å². The minimum absolute atomic E-state index is 0.851. The summed E-state index contributed by atoms with van der Waals surface area (Å²) in [5.74, 6) is 0. The SMILES string of the molecule is c1ccc(-c2ccc(N(c3ccccc3)c3ccc(-n4c5ccc(N(c6ccccc6)c6ccccc6)cc5c5c6oc7c(ccc8c7c7ccccc7n8-c7cccc8c7oc7ccccc78)c6ccc54)cc3)cc2)cc1. The maximum absolute atomic E-state index is 7.51. The number of hydrogen-bond donors (Lipinski definition) is 0. The van der Waals surface area contributed by atoms with E-state index < -0.39 is 0 Å². The van der Waals surface area contributed by atoms with Gasteiger partial charge in [-0.3, -0.25) is 0 Å². The third kappa shape index (κ3) is 6.76. The number of rotatable bonds is 9. The molecule has 0 saturated heterocycles. The molecule has 16 aromatic rings. The van der Waals surface area contributed by atoms with E-state index in [4.69, 9.17) is 8.83 Å². The van der Waals surface area contributed by atoms with E-state index in [2.05, 4.69) is 286 Å². The lowest BCUT2D eigenvalue weighted by Gasteiger charge is -2.26. The van der Waals surface area contributed by atoms with Gasteiger partial charge in [0.05, 0.1) is 38.5 Å². The number of para-hydroxylation sites is 6. The van der Waals surface area contributed by atoms with Crippen LogP contribution in [0, 0.1) is 0 Å². The van der Waals surface area contributed by atoms with Gasteiger partial charge < -0.3 is 27.8 Å². The van der Waals surface area contributed by atoms with Gasteiger partial charge in [0.15, 0.2) is 5.58 Å². The summed E-state index contributed by atoms with van der Waals surface area (Å²) in [6.07, 6.45) is 0. The van der Waals surface area contributed by atoms with Crippen LogP contribution in [-0.2, 0) is 0 Å². The number of fused-ring (bicyclic) bond motifs is 14. The van der Waals surface area contributed by atoms with Crippen LogP contribution in [0.4, 0.5) is 34.1 Å². The van der Waals surface area contributed by atoms with E-state index in [0.717, 1.165) is 133 Å². The second kappa shape index (κ2) is 17.5.